The normalized spacial score (nSPS) is 15.5. The standard InChI is InChI=1S/C22H41N5O7/c1-5-13(4)17(24)20(31)25-14(8-6-7-11-23)19(30)27-18(12(2)3)21(32)26-15(22(33)34)9-10-16(28)29/h12-15,17-18H,5-11,23-24H2,1-4H3,(H,25,31)(H,26,32)(H,27,30)(H,28,29)(H,33,34). The van der Waals surface area contributed by atoms with E-state index in [0.717, 1.165) is 0 Å². The first-order valence-corrected chi connectivity index (χ1v) is 11.7. The van der Waals surface area contributed by atoms with Crippen LogP contribution in [-0.2, 0) is 24.0 Å². The number of unbranched alkanes of at least 4 members (excludes halogenated alkanes) is 1. The second-order valence-electron chi connectivity index (χ2n) is 8.82. The van der Waals surface area contributed by atoms with Crippen LogP contribution in [-0.4, -0.2) is 70.6 Å². The summed E-state index contributed by atoms with van der Waals surface area (Å²) in [5, 5.41) is 25.6. The van der Waals surface area contributed by atoms with Crippen LogP contribution in [0.3, 0.4) is 0 Å². The van der Waals surface area contributed by atoms with Gasteiger partial charge in [-0.1, -0.05) is 34.1 Å². The molecule has 0 aromatic heterocycles. The summed E-state index contributed by atoms with van der Waals surface area (Å²) in [6.45, 7) is 7.47. The molecule has 34 heavy (non-hydrogen) atoms. The number of rotatable bonds is 17. The van der Waals surface area contributed by atoms with Crippen LogP contribution in [0.1, 0.15) is 66.2 Å². The highest BCUT2D eigenvalue weighted by Crippen LogP contribution is 2.10. The van der Waals surface area contributed by atoms with Gasteiger partial charge < -0.3 is 37.6 Å². The van der Waals surface area contributed by atoms with Gasteiger partial charge in [-0.05, 0) is 44.1 Å². The number of amides is 3. The third kappa shape index (κ3) is 11.4. The highest BCUT2D eigenvalue weighted by Gasteiger charge is 2.32. The Morgan fingerprint density at radius 3 is 1.88 bits per heavy atom. The van der Waals surface area contributed by atoms with Crippen LogP contribution in [0, 0.1) is 11.8 Å². The van der Waals surface area contributed by atoms with Crippen molar-refractivity contribution in [2.75, 3.05) is 6.54 Å². The summed E-state index contributed by atoms with van der Waals surface area (Å²) in [7, 11) is 0. The number of aliphatic carboxylic acids is 2. The van der Waals surface area contributed by atoms with Crippen molar-refractivity contribution in [1.82, 2.24) is 16.0 Å². The van der Waals surface area contributed by atoms with E-state index < -0.39 is 66.2 Å². The van der Waals surface area contributed by atoms with E-state index in [1.807, 2.05) is 13.8 Å². The number of hydrogen-bond acceptors (Lipinski definition) is 7. The lowest BCUT2D eigenvalue weighted by molar-refractivity contribution is -0.143. The molecule has 0 aromatic rings. The minimum absolute atomic E-state index is 0.0966. The van der Waals surface area contributed by atoms with Crippen molar-refractivity contribution in [3.63, 3.8) is 0 Å². The molecular weight excluding hydrogens is 446 g/mol. The van der Waals surface area contributed by atoms with E-state index in [0.29, 0.717) is 25.8 Å². The summed E-state index contributed by atoms with van der Waals surface area (Å²) in [5.74, 6) is -4.93. The fourth-order valence-electron chi connectivity index (χ4n) is 3.12. The Kier molecular flexibility index (Phi) is 14.7. The average molecular weight is 488 g/mol. The van der Waals surface area contributed by atoms with Gasteiger partial charge in [0, 0.05) is 6.42 Å². The lowest BCUT2D eigenvalue weighted by Crippen LogP contribution is -2.58. The van der Waals surface area contributed by atoms with Gasteiger partial charge in [0.1, 0.15) is 18.1 Å². The second-order valence-corrected chi connectivity index (χ2v) is 8.82. The smallest absolute Gasteiger partial charge is 0.326 e. The zero-order valence-corrected chi connectivity index (χ0v) is 20.5. The second kappa shape index (κ2) is 16.0. The topological polar surface area (TPSA) is 214 Å². The van der Waals surface area contributed by atoms with Crippen LogP contribution >= 0.6 is 0 Å². The fourth-order valence-corrected chi connectivity index (χ4v) is 3.12. The molecule has 0 spiro atoms. The lowest BCUT2D eigenvalue weighted by atomic mass is 9.98. The van der Waals surface area contributed by atoms with Crippen molar-refractivity contribution < 1.29 is 34.2 Å². The van der Waals surface area contributed by atoms with E-state index in [2.05, 4.69) is 16.0 Å². The molecule has 9 N–H and O–H groups in total. The van der Waals surface area contributed by atoms with Crippen molar-refractivity contribution >= 4 is 29.7 Å². The first kappa shape index (κ1) is 31.3. The van der Waals surface area contributed by atoms with E-state index in [1.165, 1.54) is 0 Å². The Morgan fingerprint density at radius 2 is 1.41 bits per heavy atom. The van der Waals surface area contributed by atoms with Gasteiger partial charge in [-0.25, -0.2) is 4.79 Å². The predicted octanol–water partition coefficient (Wildman–Crippen LogP) is -0.451. The maximum absolute atomic E-state index is 13.0. The molecule has 0 radical (unpaired) electrons. The molecule has 0 aliphatic rings. The Bertz CT molecular complexity index is 701. The van der Waals surface area contributed by atoms with E-state index in [-0.39, 0.29) is 18.8 Å². The Labute approximate surface area is 200 Å². The van der Waals surface area contributed by atoms with Gasteiger partial charge in [0.15, 0.2) is 0 Å². The van der Waals surface area contributed by atoms with Crippen LogP contribution in [0.4, 0.5) is 0 Å². The summed E-state index contributed by atoms with van der Waals surface area (Å²) in [5.41, 5.74) is 11.5. The van der Waals surface area contributed by atoms with Gasteiger partial charge in [-0.2, -0.15) is 0 Å². The van der Waals surface area contributed by atoms with Gasteiger partial charge in [0.05, 0.1) is 6.04 Å². The summed E-state index contributed by atoms with van der Waals surface area (Å²) in [4.78, 5) is 60.5. The molecule has 196 valence electrons. The summed E-state index contributed by atoms with van der Waals surface area (Å²) >= 11 is 0. The first-order valence-electron chi connectivity index (χ1n) is 11.7. The van der Waals surface area contributed by atoms with Gasteiger partial charge in [-0.3, -0.25) is 19.2 Å². The molecule has 0 rings (SSSR count). The van der Waals surface area contributed by atoms with Crippen LogP contribution in [0.5, 0.6) is 0 Å². The summed E-state index contributed by atoms with van der Waals surface area (Å²) < 4.78 is 0. The molecule has 0 aromatic carbocycles. The predicted molar refractivity (Wildman–Crippen MR) is 125 cm³/mol. The van der Waals surface area contributed by atoms with Gasteiger partial charge in [-0.15, -0.1) is 0 Å². The van der Waals surface area contributed by atoms with E-state index in [4.69, 9.17) is 16.6 Å². The Balaban J connectivity index is 5.46. The number of nitrogens with one attached hydrogen (secondary N) is 3. The highest BCUT2D eigenvalue weighted by molar-refractivity contribution is 5.94. The molecule has 12 nitrogen and oxygen atoms in total. The van der Waals surface area contributed by atoms with E-state index in [9.17, 15) is 29.1 Å². The number of nitrogens with two attached hydrogens (primary N) is 2. The van der Waals surface area contributed by atoms with Crippen LogP contribution < -0.4 is 27.4 Å². The maximum atomic E-state index is 13.0. The minimum Gasteiger partial charge on any atom is -0.481 e. The summed E-state index contributed by atoms with van der Waals surface area (Å²) in [6.07, 6.45) is 1.41. The Morgan fingerprint density at radius 1 is 0.824 bits per heavy atom. The van der Waals surface area contributed by atoms with Crippen molar-refractivity contribution in [2.24, 2.45) is 23.3 Å². The average Bonchev–Trinajstić information content (AvgIpc) is 2.77. The molecule has 12 heteroatoms. The largest absolute Gasteiger partial charge is 0.481 e. The molecule has 0 aliphatic heterocycles. The summed E-state index contributed by atoms with van der Waals surface area (Å²) in [6, 6.07) is -4.28. The molecule has 3 amide bonds. The monoisotopic (exact) mass is 487 g/mol. The van der Waals surface area contributed by atoms with Crippen molar-refractivity contribution in [3.05, 3.63) is 0 Å². The first-order chi connectivity index (χ1) is 15.8. The number of carboxylic acids is 2. The molecule has 0 bridgehead atoms. The molecule has 0 saturated heterocycles. The molecule has 5 atom stereocenters. The SMILES string of the molecule is CCC(C)C(N)C(=O)NC(CCCCN)C(=O)NC(C(=O)NC(CCC(=O)O)C(=O)O)C(C)C. The number of carboxylic acid groups (broad SMARTS) is 2. The highest BCUT2D eigenvalue weighted by atomic mass is 16.4. The quantitative estimate of drug-likeness (QED) is 0.132. The van der Waals surface area contributed by atoms with E-state index >= 15 is 0 Å². The van der Waals surface area contributed by atoms with Crippen LogP contribution in [0.2, 0.25) is 0 Å². The molecule has 0 saturated carbocycles. The molecule has 0 fully saturated rings. The van der Waals surface area contributed by atoms with Crippen molar-refractivity contribution in [1.29, 1.82) is 0 Å². The third-order valence-corrected chi connectivity index (χ3v) is 5.65. The van der Waals surface area contributed by atoms with Gasteiger partial charge in [0.2, 0.25) is 17.7 Å². The number of carbonyl (C=O) groups excluding carboxylic acids is 3. The third-order valence-electron chi connectivity index (χ3n) is 5.65. The molecule has 5 unspecified atom stereocenters. The van der Waals surface area contributed by atoms with Gasteiger partial charge in [0.25, 0.3) is 0 Å². The number of hydrogen-bond donors (Lipinski definition) is 7. The zero-order valence-electron chi connectivity index (χ0n) is 20.5. The molecule has 0 aliphatic carbocycles. The molecule has 0 heterocycles. The minimum atomic E-state index is -1.42. The fraction of sp³-hybridized carbons (Fsp3) is 0.773. The molecular formula is C22H41N5O7. The van der Waals surface area contributed by atoms with Gasteiger partial charge >= 0.3 is 11.9 Å². The zero-order chi connectivity index (χ0) is 26.4. The van der Waals surface area contributed by atoms with Crippen molar-refractivity contribution in [2.45, 2.75) is 90.4 Å². The maximum Gasteiger partial charge on any atom is 0.326 e. The van der Waals surface area contributed by atoms with E-state index in [1.54, 1.807) is 13.8 Å². The van der Waals surface area contributed by atoms with Crippen LogP contribution in [0.15, 0.2) is 0 Å². The Hall–Kier alpha value is -2.73. The lowest BCUT2D eigenvalue weighted by Gasteiger charge is -2.27. The van der Waals surface area contributed by atoms with Crippen molar-refractivity contribution in [3.8, 4) is 0 Å². The van der Waals surface area contributed by atoms with Crippen LogP contribution in [0.25, 0.3) is 0 Å². The number of carbonyl (C=O) groups is 5.